The molecule has 0 atom stereocenters. The lowest BCUT2D eigenvalue weighted by Crippen LogP contribution is -2.28. The highest BCUT2D eigenvalue weighted by Gasteiger charge is 2.17. The zero-order valence-corrected chi connectivity index (χ0v) is 14.5. The molecule has 0 bridgehead atoms. The highest BCUT2D eigenvalue weighted by Crippen LogP contribution is 2.32. The molecule has 2 aromatic heterocycles. The summed E-state index contributed by atoms with van der Waals surface area (Å²) in [7, 11) is 1.68. The molecule has 3 N–H and O–H groups in total. The summed E-state index contributed by atoms with van der Waals surface area (Å²) in [6.45, 7) is 1.64. The summed E-state index contributed by atoms with van der Waals surface area (Å²) in [5.74, 6) is 0.347. The number of aromatic nitrogens is 2. The van der Waals surface area contributed by atoms with Crippen molar-refractivity contribution in [2.45, 2.75) is 6.42 Å². The van der Waals surface area contributed by atoms with Gasteiger partial charge in [0, 0.05) is 47.6 Å². The van der Waals surface area contributed by atoms with E-state index in [9.17, 15) is 4.79 Å². The molecule has 0 spiro atoms. The third-order valence-corrected chi connectivity index (χ3v) is 4.81. The lowest BCUT2D eigenvalue weighted by Gasteiger charge is -2.28. The van der Waals surface area contributed by atoms with Crippen LogP contribution in [-0.2, 0) is 0 Å². The summed E-state index contributed by atoms with van der Waals surface area (Å²) in [6, 6.07) is 9.71. The van der Waals surface area contributed by atoms with Crippen molar-refractivity contribution in [1.29, 1.82) is 0 Å². The number of carbonyl (C=O) groups is 1. The fourth-order valence-electron chi connectivity index (χ4n) is 3.39. The SMILES string of the molecule is COc1ccc2[nH]cc(C3=CCN(c4ccnc(C(N)=O)c4)CC3)c2c1. The minimum absolute atomic E-state index is 0.293. The standard InChI is InChI=1S/C20H20N4O2/c1-26-15-2-3-18-16(11-15)17(12-23-18)13-5-8-24(9-6-13)14-4-7-22-19(10-14)20(21)25/h2-5,7,10-12,23H,6,8-9H2,1H3,(H2,21,25). The summed E-state index contributed by atoms with van der Waals surface area (Å²) < 4.78 is 5.35. The Balaban J connectivity index is 1.60. The number of pyridine rings is 1. The highest BCUT2D eigenvalue weighted by atomic mass is 16.5. The van der Waals surface area contributed by atoms with Gasteiger partial charge in [0.1, 0.15) is 11.4 Å². The molecule has 6 heteroatoms. The van der Waals surface area contributed by atoms with Crippen molar-refractivity contribution in [1.82, 2.24) is 9.97 Å². The Hall–Kier alpha value is -3.28. The van der Waals surface area contributed by atoms with Gasteiger partial charge in [-0.3, -0.25) is 9.78 Å². The molecule has 0 saturated carbocycles. The Bertz CT molecular complexity index is 1010. The molecule has 0 radical (unpaired) electrons. The number of methoxy groups -OCH3 is 1. The highest BCUT2D eigenvalue weighted by molar-refractivity contribution is 5.94. The number of aromatic amines is 1. The van der Waals surface area contributed by atoms with Crippen molar-refractivity contribution in [2.24, 2.45) is 5.73 Å². The van der Waals surface area contributed by atoms with Gasteiger partial charge in [-0.2, -0.15) is 0 Å². The van der Waals surface area contributed by atoms with Crippen molar-refractivity contribution >= 4 is 28.1 Å². The molecule has 4 rings (SSSR count). The first-order chi connectivity index (χ1) is 12.7. The first kappa shape index (κ1) is 16.2. The number of carbonyl (C=O) groups excluding carboxylic acids is 1. The van der Waals surface area contributed by atoms with Crippen LogP contribution in [0.3, 0.4) is 0 Å². The third kappa shape index (κ3) is 2.90. The minimum atomic E-state index is -0.507. The largest absolute Gasteiger partial charge is 0.497 e. The molecular weight excluding hydrogens is 328 g/mol. The van der Waals surface area contributed by atoms with E-state index in [1.807, 2.05) is 18.2 Å². The Morgan fingerprint density at radius 1 is 1.31 bits per heavy atom. The summed E-state index contributed by atoms with van der Waals surface area (Å²) in [5, 5.41) is 1.17. The second kappa shape index (κ2) is 6.55. The molecule has 26 heavy (non-hydrogen) atoms. The number of primary amides is 1. The number of ether oxygens (including phenoxy) is 1. The number of rotatable bonds is 4. The zero-order chi connectivity index (χ0) is 18.1. The van der Waals surface area contributed by atoms with Crippen LogP contribution in [-0.4, -0.2) is 36.1 Å². The molecule has 6 nitrogen and oxygen atoms in total. The number of H-pyrrole nitrogens is 1. The molecule has 3 heterocycles. The van der Waals surface area contributed by atoms with E-state index in [4.69, 9.17) is 10.5 Å². The number of anilines is 1. The van der Waals surface area contributed by atoms with E-state index in [1.54, 1.807) is 19.4 Å². The lowest BCUT2D eigenvalue weighted by molar-refractivity contribution is 0.0995. The normalized spacial score (nSPS) is 14.3. The molecule has 3 aromatic rings. The molecule has 0 aliphatic carbocycles. The fraction of sp³-hybridized carbons (Fsp3) is 0.200. The quantitative estimate of drug-likeness (QED) is 0.759. The first-order valence-corrected chi connectivity index (χ1v) is 8.51. The van der Waals surface area contributed by atoms with Gasteiger partial charge in [-0.05, 0) is 42.3 Å². The Morgan fingerprint density at radius 2 is 2.19 bits per heavy atom. The first-order valence-electron chi connectivity index (χ1n) is 8.51. The zero-order valence-electron chi connectivity index (χ0n) is 14.5. The number of hydrogen-bond acceptors (Lipinski definition) is 4. The van der Waals surface area contributed by atoms with Gasteiger partial charge in [-0.15, -0.1) is 0 Å². The molecule has 0 saturated heterocycles. The number of hydrogen-bond donors (Lipinski definition) is 2. The van der Waals surface area contributed by atoms with Crippen molar-refractivity contribution in [3.63, 3.8) is 0 Å². The summed E-state index contributed by atoms with van der Waals surface area (Å²) in [5.41, 5.74) is 10.2. The predicted octanol–water partition coefficient (Wildman–Crippen LogP) is 2.96. The van der Waals surface area contributed by atoms with Crippen molar-refractivity contribution in [3.05, 3.63) is 60.1 Å². The number of nitrogens with one attached hydrogen (secondary N) is 1. The lowest BCUT2D eigenvalue weighted by atomic mass is 9.98. The van der Waals surface area contributed by atoms with Gasteiger partial charge in [0.05, 0.1) is 7.11 Å². The Labute approximate surface area is 151 Å². The van der Waals surface area contributed by atoms with E-state index in [0.717, 1.165) is 36.5 Å². The maximum absolute atomic E-state index is 11.3. The van der Waals surface area contributed by atoms with Crippen LogP contribution in [0, 0.1) is 0 Å². The fourth-order valence-corrected chi connectivity index (χ4v) is 3.39. The van der Waals surface area contributed by atoms with Crippen LogP contribution in [0.2, 0.25) is 0 Å². The van der Waals surface area contributed by atoms with Gasteiger partial charge in [0.15, 0.2) is 0 Å². The number of fused-ring (bicyclic) bond motifs is 1. The molecule has 0 fully saturated rings. The van der Waals surface area contributed by atoms with Crippen LogP contribution in [0.25, 0.3) is 16.5 Å². The third-order valence-electron chi connectivity index (χ3n) is 4.81. The minimum Gasteiger partial charge on any atom is -0.497 e. The summed E-state index contributed by atoms with van der Waals surface area (Å²) >= 11 is 0. The van der Waals surface area contributed by atoms with E-state index in [-0.39, 0.29) is 0 Å². The van der Waals surface area contributed by atoms with Crippen LogP contribution in [0.1, 0.15) is 22.5 Å². The molecule has 1 amide bonds. The van der Waals surface area contributed by atoms with E-state index in [2.05, 4.69) is 33.2 Å². The summed E-state index contributed by atoms with van der Waals surface area (Å²) in [6.07, 6.45) is 6.83. The maximum atomic E-state index is 11.3. The van der Waals surface area contributed by atoms with E-state index in [1.165, 1.54) is 16.5 Å². The van der Waals surface area contributed by atoms with Gasteiger partial charge in [-0.25, -0.2) is 0 Å². The van der Waals surface area contributed by atoms with Crippen LogP contribution in [0.4, 0.5) is 5.69 Å². The van der Waals surface area contributed by atoms with Crippen LogP contribution in [0.15, 0.2) is 48.8 Å². The van der Waals surface area contributed by atoms with Gasteiger partial charge >= 0.3 is 0 Å². The van der Waals surface area contributed by atoms with Gasteiger partial charge in [0.2, 0.25) is 0 Å². The average Bonchev–Trinajstić information content (AvgIpc) is 3.11. The number of nitrogens with zero attached hydrogens (tertiary/aromatic N) is 2. The topological polar surface area (TPSA) is 84.2 Å². The van der Waals surface area contributed by atoms with Gasteiger partial charge in [-0.1, -0.05) is 6.08 Å². The van der Waals surface area contributed by atoms with E-state index < -0.39 is 5.91 Å². The van der Waals surface area contributed by atoms with Crippen LogP contribution < -0.4 is 15.4 Å². The van der Waals surface area contributed by atoms with Crippen molar-refractivity contribution in [3.8, 4) is 5.75 Å². The second-order valence-electron chi connectivity index (χ2n) is 6.30. The number of nitrogens with two attached hydrogens (primary N) is 1. The molecular formula is C20H20N4O2. The molecule has 1 aromatic carbocycles. The Morgan fingerprint density at radius 3 is 2.92 bits per heavy atom. The maximum Gasteiger partial charge on any atom is 0.267 e. The smallest absolute Gasteiger partial charge is 0.267 e. The average molecular weight is 348 g/mol. The van der Waals surface area contributed by atoms with E-state index in [0.29, 0.717) is 5.69 Å². The second-order valence-corrected chi connectivity index (χ2v) is 6.30. The monoisotopic (exact) mass is 348 g/mol. The van der Waals surface area contributed by atoms with Crippen molar-refractivity contribution < 1.29 is 9.53 Å². The molecule has 132 valence electrons. The van der Waals surface area contributed by atoms with Crippen LogP contribution >= 0.6 is 0 Å². The predicted molar refractivity (Wildman–Crippen MR) is 102 cm³/mol. The Kier molecular flexibility index (Phi) is 4.08. The molecule has 0 unspecified atom stereocenters. The number of amides is 1. The van der Waals surface area contributed by atoms with Gasteiger partial charge in [0.25, 0.3) is 5.91 Å². The molecule has 1 aliphatic rings. The van der Waals surface area contributed by atoms with Gasteiger partial charge < -0.3 is 20.4 Å². The van der Waals surface area contributed by atoms with E-state index >= 15 is 0 Å². The molecule has 1 aliphatic heterocycles. The van der Waals surface area contributed by atoms with Crippen LogP contribution in [0.5, 0.6) is 5.75 Å². The summed E-state index contributed by atoms with van der Waals surface area (Å²) in [4.78, 5) is 20.9. The van der Waals surface area contributed by atoms with Crippen molar-refractivity contribution in [2.75, 3.05) is 25.1 Å². The number of benzene rings is 1.